The van der Waals surface area contributed by atoms with Gasteiger partial charge in [-0.3, -0.25) is 14.9 Å². The first kappa shape index (κ1) is 15.5. The lowest BCUT2D eigenvalue weighted by Crippen LogP contribution is -2.65. The Hall–Kier alpha value is -1.93. The van der Waals surface area contributed by atoms with Crippen molar-refractivity contribution in [3.05, 3.63) is 24.3 Å². The number of nitrogens with zero attached hydrogens (tertiary/aromatic N) is 1. The molecule has 0 atom stereocenters. The molecule has 0 saturated carbocycles. The molecule has 7 nitrogen and oxygen atoms in total. The molecule has 2 amide bonds. The van der Waals surface area contributed by atoms with Crippen LogP contribution in [0.25, 0.3) is 0 Å². The van der Waals surface area contributed by atoms with Crippen molar-refractivity contribution in [1.29, 1.82) is 0 Å². The smallest absolute Gasteiger partial charge is 0.247 e. The number of piperazine rings is 1. The summed E-state index contributed by atoms with van der Waals surface area (Å²) in [4.78, 5) is 23.3. The molecule has 1 saturated heterocycles. The maximum absolute atomic E-state index is 12.6. The first-order valence-corrected chi connectivity index (χ1v) is 7.65. The van der Waals surface area contributed by atoms with Gasteiger partial charge in [-0.15, -0.1) is 0 Å². The number of carbonyl (C=O) groups excluding carboxylic acids is 2. The van der Waals surface area contributed by atoms with Crippen LogP contribution in [-0.4, -0.2) is 43.7 Å². The van der Waals surface area contributed by atoms with Crippen molar-refractivity contribution in [1.82, 2.24) is 9.62 Å². The maximum atomic E-state index is 12.6. The van der Waals surface area contributed by atoms with Gasteiger partial charge in [-0.1, -0.05) is 0 Å². The highest BCUT2D eigenvalue weighted by Gasteiger charge is 2.47. The molecular formula is C13H16N2O5S. The Labute approximate surface area is 122 Å². The predicted molar refractivity (Wildman–Crippen MR) is 74.1 cm³/mol. The van der Waals surface area contributed by atoms with Gasteiger partial charge in [-0.25, -0.2) is 8.42 Å². The van der Waals surface area contributed by atoms with E-state index in [-0.39, 0.29) is 4.90 Å². The number of carbonyl (C=O) groups is 2. The lowest BCUT2D eigenvalue weighted by molar-refractivity contribution is -0.141. The number of hydrogen-bond acceptors (Lipinski definition) is 5. The van der Waals surface area contributed by atoms with Crippen molar-refractivity contribution in [3.63, 3.8) is 0 Å². The minimum absolute atomic E-state index is 0.00104. The van der Waals surface area contributed by atoms with Gasteiger partial charge in [-0.2, -0.15) is 4.31 Å². The second kappa shape index (κ2) is 5.12. The number of imide groups is 1. The Bertz CT molecular complexity index is 679. The van der Waals surface area contributed by atoms with E-state index in [4.69, 9.17) is 4.74 Å². The molecule has 1 heterocycles. The van der Waals surface area contributed by atoms with E-state index in [2.05, 4.69) is 5.32 Å². The van der Waals surface area contributed by atoms with Crippen LogP contribution < -0.4 is 10.1 Å². The Kier molecular flexibility index (Phi) is 3.77. The summed E-state index contributed by atoms with van der Waals surface area (Å²) in [6.45, 7) is 2.51. The van der Waals surface area contributed by atoms with E-state index < -0.39 is 33.9 Å². The number of sulfonamides is 1. The summed E-state index contributed by atoms with van der Waals surface area (Å²) in [5, 5.41) is 2.14. The fourth-order valence-electron chi connectivity index (χ4n) is 2.02. The monoisotopic (exact) mass is 312 g/mol. The van der Waals surface area contributed by atoms with Crippen LogP contribution in [0.3, 0.4) is 0 Å². The molecule has 1 aliphatic rings. The van der Waals surface area contributed by atoms with E-state index in [0.29, 0.717) is 5.75 Å². The van der Waals surface area contributed by atoms with Gasteiger partial charge in [0.2, 0.25) is 21.8 Å². The van der Waals surface area contributed by atoms with Crippen LogP contribution in [0.1, 0.15) is 13.8 Å². The standard InChI is InChI=1S/C13H16N2O5S/c1-13(2)12(17)14-11(16)8-15(13)21(18,19)10-6-4-9(20-3)5-7-10/h4-7H,8H2,1-3H3,(H,14,16,17). The topological polar surface area (TPSA) is 92.8 Å². The predicted octanol–water partition coefficient (Wildman–Crippen LogP) is 0.121. The summed E-state index contributed by atoms with van der Waals surface area (Å²) in [5.74, 6) is -0.770. The molecule has 1 aromatic carbocycles. The van der Waals surface area contributed by atoms with E-state index in [1.54, 1.807) is 0 Å². The SMILES string of the molecule is COc1ccc(S(=O)(=O)N2CC(=O)NC(=O)C2(C)C)cc1. The van der Waals surface area contributed by atoms with E-state index in [1.807, 2.05) is 0 Å². The fraction of sp³-hybridized carbons (Fsp3) is 0.385. The van der Waals surface area contributed by atoms with Crippen LogP contribution in [-0.2, 0) is 19.6 Å². The number of benzene rings is 1. The number of methoxy groups -OCH3 is 1. The Morgan fingerprint density at radius 1 is 1.19 bits per heavy atom. The first-order valence-electron chi connectivity index (χ1n) is 6.21. The zero-order valence-corrected chi connectivity index (χ0v) is 12.7. The second-order valence-electron chi connectivity index (χ2n) is 5.12. The van der Waals surface area contributed by atoms with Gasteiger partial charge in [0.1, 0.15) is 11.3 Å². The lowest BCUT2D eigenvalue weighted by Gasteiger charge is -2.38. The van der Waals surface area contributed by atoms with Crippen LogP contribution in [0.5, 0.6) is 5.75 Å². The molecule has 0 spiro atoms. The van der Waals surface area contributed by atoms with Crippen molar-refractivity contribution in [2.75, 3.05) is 13.7 Å². The van der Waals surface area contributed by atoms with E-state index >= 15 is 0 Å². The van der Waals surface area contributed by atoms with Crippen LogP contribution in [0.15, 0.2) is 29.2 Å². The molecule has 1 aliphatic heterocycles. The lowest BCUT2D eigenvalue weighted by atomic mass is 10.0. The molecule has 1 fully saturated rings. The van der Waals surface area contributed by atoms with Gasteiger partial charge in [0.25, 0.3) is 0 Å². The van der Waals surface area contributed by atoms with Gasteiger partial charge in [-0.05, 0) is 38.1 Å². The average Bonchev–Trinajstić information content (AvgIpc) is 2.43. The zero-order valence-electron chi connectivity index (χ0n) is 11.9. The van der Waals surface area contributed by atoms with E-state index in [9.17, 15) is 18.0 Å². The molecule has 21 heavy (non-hydrogen) atoms. The first-order chi connectivity index (χ1) is 9.69. The third kappa shape index (κ3) is 2.64. The summed E-state index contributed by atoms with van der Waals surface area (Å²) < 4.78 is 31.2. The van der Waals surface area contributed by atoms with Gasteiger partial charge in [0, 0.05) is 0 Å². The fourth-order valence-corrected chi connectivity index (χ4v) is 3.73. The molecular weight excluding hydrogens is 296 g/mol. The average molecular weight is 312 g/mol. The minimum atomic E-state index is -3.96. The quantitative estimate of drug-likeness (QED) is 0.800. The van der Waals surface area contributed by atoms with Crippen LogP contribution >= 0.6 is 0 Å². The molecule has 1 aromatic rings. The molecule has 0 unspecified atom stereocenters. The number of amides is 2. The van der Waals surface area contributed by atoms with E-state index in [1.165, 1.54) is 45.2 Å². The van der Waals surface area contributed by atoms with Gasteiger partial charge < -0.3 is 4.74 Å². The van der Waals surface area contributed by atoms with E-state index in [0.717, 1.165) is 4.31 Å². The summed E-state index contributed by atoms with van der Waals surface area (Å²) in [6.07, 6.45) is 0. The molecule has 0 aliphatic carbocycles. The summed E-state index contributed by atoms with van der Waals surface area (Å²) in [5.41, 5.74) is -1.34. The Balaban J connectivity index is 2.45. The molecule has 0 aromatic heterocycles. The van der Waals surface area contributed by atoms with Gasteiger partial charge in [0.15, 0.2) is 0 Å². The molecule has 1 N–H and O–H groups in total. The van der Waals surface area contributed by atoms with Crippen LogP contribution in [0.4, 0.5) is 0 Å². The largest absolute Gasteiger partial charge is 0.497 e. The van der Waals surface area contributed by atoms with Crippen molar-refractivity contribution < 1.29 is 22.7 Å². The Morgan fingerprint density at radius 3 is 2.29 bits per heavy atom. The summed E-state index contributed by atoms with van der Waals surface area (Å²) >= 11 is 0. The highest BCUT2D eigenvalue weighted by Crippen LogP contribution is 2.27. The number of hydrogen-bond donors (Lipinski definition) is 1. The van der Waals surface area contributed by atoms with Gasteiger partial charge in [0.05, 0.1) is 18.6 Å². The summed E-state index contributed by atoms with van der Waals surface area (Å²) in [6, 6.07) is 5.76. The highest BCUT2D eigenvalue weighted by atomic mass is 32.2. The molecule has 0 bridgehead atoms. The maximum Gasteiger partial charge on any atom is 0.247 e. The third-order valence-electron chi connectivity index (χ3n) is 3.37. The molecule has 2 rings (SSSR count). The minimum Gasteiger partial charge on any atom is -0.497 e. The number of ether oxygens (including phenoxy) is 1. The zero-order chi connectivity index (χ0) is 15.8. The van der Waals surface area contributed by atoms with Crippen LogP contribution in [0, 0.1) is 0 Å². The van der Waals surface area contributed by atoms with Crippen molar-refractivity contribution >= 4 is 21.8 Å². The summed E-state index contributed by atoms with van der Waals surface area (Å²) in [7, 11) is -2.49. The molecule has 0 radical (unpaired) electrons. The third-order valence-corrected chi connectivity index (χ3v) is 5.40. The van der Waals surface area contributed by atoms with Crippen molar-refractivity contribution in [3.8, 4) is 5.75 Å². The highest BCUT2D eigenvalue weighted by molar-refractivity contribution is 7.89. The molecule has 114 valence electrons. The normalized spacial score (nSPS) is 19.2. The van der Waals surface area contributed by atoms with Gasteiger partial charge >= 0.3 is 0 Å². The molecule has 8 heteroatoms. The van der Waals surface area contributed by atoms with Crippen molar-refractivity contribution in [2.45, 2.75) is 24.3 Å². The van der Waals surface area contributed by atoms with Crippen LogP contribution in [0.2, 0.25) is 0 Å². The Morgan fingerprint density at radius 2 is 1.76 bits per heavy atom. The second-order valence-corrected chi connectivity index (χ2v) is 6.99. The number of nitrogens with one attached hydrogen (secondary N) is 1. The number of rotatable bonds is 3. The van der Waals surface area contributed by atoms with Crippen molar-refractivity contribution in [2.24, 2.45) is 0 Å².